The Morgan fingerprint density at radius 2 is 2.03 bits per heavy atom. The number of aryl methyl sites for hydroxylation is 1. The monoisotopic (exact) mass is 477 g/mol. The molecule has 0 aliphatic heterocycles. The number of nitrogens with zero attached hydrogens (tertiary/aromatic N) is 4. The number of anilines is 2. The number of likely N-dealkylation sites (N-methyl/N-ethyl adjacent to an activating group) is 1. The number of ether oxygens (including phenoxy) is 2. The van der Waals surface area contributed by atoms with E-state index in [-0.39, 0.29) is 11.7 Å². The lowest BCUT2D eigenvalue weighted by atomic mass is 10.1. The van der Waals surface area contributed by atoms with Crippen LogP contribution in [0.2, 0.25) is 0 Å². The molecule has 2 heterocycles. The number of nitrogens with one attached hydrogen (secondary N) is 1. The number of imidazole rings is 1. The van der Waals surface area contributed by atoms with Crippen molar-refractivity contribution in [3.8, 4) is 17.0 Å². The van der Waals surface area contributed by atoms with Crippen molar-refractivity contribution in [3.63, 3.8) is 0 Å². The lowest BCUT2D eigenvalue weighted by Gasteiger charge is -2.18. The third-order valence-corrected chi connectivity index (χ3v) is 5.72. The molecule has 0 aliphatic carbocycles. The lowest BCUT2D eigenvalue weighted by Crippen LogP contribution is -2.30. The molecule has 4 aromatic rings. The molecule has 4 rings (SSSR count). The Balaban J connectivity index is 1.57. The molecule has 2 aromatic carbocycles. The van der Waals surface area contributed by atoms with E-state index in [1.807, 2.05) is 30.4 Å². The average Bonchev–Trinajstić information content (AvgIpc) is 3.29. The quantitative estimate of drug-likeness (QED) is 0.352. The van der Waals surface area contributed by atoms with Gasteiger partial charge >= 0.3 is 0 Å². The van der Waals surface area contributed by atoms with Gasteiger partial charge in [-0.25, -0.2) is 14.4 Å². The fourth-order valence-electron chi connectivity index (χ4n) is 3.82. The van der Waals surface area contributed by atoms with Crippen LogP contribution in [-0.2, 0) is 4.74 Å². The summed E-state index contributed by atoms with van der Waals surface area (Å²) < 4.78 is 26.4. The van der Waals surface area contributed by atoms with E-state index in [1.165, 1.54) is 13.2 Å². The molecule has 35 heavy (non-hydrogen) atoms. The Bertz CT molecular complexity index is 1350. The van der Waals surface area contributed by atoms with Crippen molar-refractivity contribution in [1.82, 2.24) is 19.3 Å². The van der Waals surface area contributed by atoms with Gasteiger partial charge in [0.2, 0.25) is 0 Å². The summed E-state index contributed by atoms with van der Waals surface area (Å²) in [6.45, 7) is 5.48. The number of carbonyl (C=O) groups excluding carboxylic acids is 1. The van der Waals surface area contributed by atoms with Crippen molar-refractivity contribution >= 4 is 23.1 Å². The number of halogens is 1. The van der Waals surface area contributed by atoms with Gasteiger partial charge in [-0.1, -0.05) is 0 Å². The normalized spacial score (nSPS) is 11.0. The van der Waals surface area contributed by atoms with Crippen molar-refractivity contribution in [2.24, 2.45) is 0 Å². The number of hydrogen-bond donors (Lipinski definition) is 1. The van der Waals surface area contributed by atoms with Gasteiger partial charge < -0.3 is 19.7 Å². The summed E-state index contributed by atoms with van der Waals surface area (Å²) in [5, 5.41) is 3.29. The summed E-state index contributed by atoms with van der Waals surface area (Å²) in [5.74, 6) is 0.226. The van der Waals surface area contributed by atoms with Gasteiger partial charge in [-0.2, -0.15) is 0 Å². The minimum absolute atomic E-state index is 0.0568. The first-order chi connectivity index (χ1) is 16.9. The molecule has 0 fully saturated rings. The predicted octanol–water partition coefficient (Wildman–Crippen LogP) is 4.70. The smallest absolute Gasteiger partial charge is 0.253 e. The number of hydrogen-bond acceptors (Lipinski definition) is 6. The van der Waals surface area contributed by atoms with Gasteiger partial charge in [0.15, 0.2) is 23.0 Å². The fourth-order valence-corrected chi connectivity index (χ4v) is 3.82. The van der Waals surface area contributed by atoms with Crippen molar-refractivity contribution in [2.45, 2.75) is 13.8 Å². The molecule has 182 valence electrons. The number of amides is 1. The molecule has 0 radical (unpaired) electrons. The second-order valence-electron chi connectivity index (χ2n) is 8.04. The molecule has 0 saturated carbocycles. The highest BCUT2D eigenvalue weighted by Crippen LogP contribution is 2.28. The number of aromatic nitrogens is 3. The first-order valence-corrected chi connectivity index (χ1v) is 11.3. The molecule has 9 heteroatoms. The molecule has 8 nitrogen and oxygen atoms in total. The van der Waals surface area contributed by atoms with Crippen LogP contribution < -0.4 is 10.1 Å². The minimum Gasteiger partial charge on any atom is -0.494 e. The Morgan fingerprint density at radius 1 is 1.20 bits per heavy atom. The van der Waals surface area contributed by atoms with E-state index < -0.39 is 5.82 Å². The van der Waals surface area contributed by atoms with Crippen LogP contribution in [0.5, 0.6) is 5.75 Å². The van der Waals surface area contributed by atoms with Crippen molar-refractivity contribution < 1.29 is 18.7 Å². The van der Waals surface area contributed by atoms with Gasteiger partial charge in [-0.3, -0.25) is 9.20 Å². The Kier molecular flexibility index (Phi) is 7.26. The van der Waals surface area contributed by atoms with Crippen LogP contribution in [0.4, 0.5) is 15.9 Å². The number of benzene rings is 2. The Morgan fingerprint density at radius 3 is 2.74 bits per heavy atom. The molecule has 1 N–H and O–H groups in total. The molecule has 0 unspecified atom stereocenters. The van der Waals surface area contributed by atoms with Crippen LogP contribution in [0, 0.1) is 12.7 Å². The van der Waals surface area contributed by atoms with E-state index in [4.69, 9.17) is 9.47 Å². The maximum Gasteiger partial charge on any atom is 0.253 e. The highest BCUT2D eigenvalue weighted by molar-refractivity contribution is 5.96. The topological polar surface area (TPSA) is 81.0 Å². The van der Waals surface area contributed by atoms with E-state index in [2.05, 4.69) is 15.3 Å². The first-order valence-electron chi connectivity index (χ1n) is 11.3. The maximum absolute atomic E-state index is 14.3. The van der Waals surface area contributed by atoms with Gasteiger partial charge in [0, 0.05) is 49.4 Å². The highest BCUT2D eigenvalue weighted by atomic mass is 19.1. The Labute approximate surface area is 203 Å². The summed E-state index contributed by atoms with van der Waals surface area (Å²) in [4.78, 5) is 23.4. The van der Waals surface area contributed by atoms with Gasteiger partial charge in [-0.05, 0) is 55.8 Å². The molecule has 0 saturated heterocycles. The van der Waals surface area contributed by atoms with E-state index >= 15 is 0 Å². The number of carbonyl (C=O) groups is 1. The standard InChI is InChI=1S/C26H28FN5O3/c1-5-35-13-12-31(3)26(33)20-8-7-19(14-17(20)2)30-24-25-29-16-22(32(25)11-10-28-24)18-6-9-23(34-4)21(27)15-18/h6-11,14-16H,5,12-13H2,1-4H3,(H,28,30). The van der Waals surface area contributed by atoms with Crippen LogP contribution in [0.15, 0.2) is 55.0 Å². The van der Waals surface area contributed by atoms with Crippen molar-refractivity contribution in [3.05, 3.63) is 71.9 Å². The summed E-state index contributed by atoms with van der Waals surface area (Å²) in [5.41, 5.74) is 4.22. The molecule has 0 atom stereocenters. The molecular formula is C26H28FN5O3. The van der Waals surface area contributed by atoms with E-state index in [0.29, 0.717) is 42.4 Å². The predicted molar refractivity (Wildman–Crippen MR) is 133 cm³/mol. The third-order valence-electron chi connectivity index (χ3n) is 5.72. The van der Waals surface area contributed by atoms with Gasteiger partial charge in [0.1, 0.15) is 0 Å². The molecule has 0 aliphatic rings. The summed E-state index contributed by atoms with van der Waals surface area (Å²) in [7, 11) is 3.20. The Hall–Kier alpha value is -3.98. The summed E-state index contributed by atoms with van der Waals surface area (Å²) in [6, 6.07) is 10.3. The number of fused-ring (bicyclic) bond motifs is 1. The van der Waals surface area contributed by atoms with Crippen LogP contribution in [0.1, 0.15) is 22.8 Å². The maximum atomic E-state index is 14.3. The van der Waals surface area contributed by atoms with E-state index in [0.717, 1.165) is 16.9 Å². The minimum atomic E-state index is -0.444. The van der Waals surface area contributed by atoms with E-state index in [9.17, 15) is 9.18 Å². The highest BCUT2D eigenvalue weighted by Gasteiger charge is 2.16. The van der Waals surface area contributed by atoms with Crippen LogP contribution >= 0.6 is 0 Å². The van der Waals surface area contributed by atoms with Crippen LogP contribution in [-0.4, -0.2) is 59.1 Å². The lowest BCUT2D eigenvalue weighted by molar-refractivity contribution is 0.0709. The SMILES string of the molecule is CCOCCN(C)C(=O)c1ccc(Nc2nccn3c(-c4ccc(OC)c(F)c4)cnc23)cc1C. The second-order valence-corrected chi connectivity index (χ2v) is 8.04. The van der Waals surface area contributed by atoms with E-state index in [1.54, 1.807) is 48.7 Å². The molecule has 2 aromatic heterocycles. The first kappa shape index (κ1) is 24.2. The van der Waals surface area contributed by atoms with Gasteiger partial charge in [0.25, 0.3) is 5.91 Å². The largest absolute Gasteiger partial charge is 0.494 e. The summed E-state index contributed by atoms with van der Waals surface area (Å²) in [6.07, 6.45) is 5.10. The average molecular weight is 478 g/mol. The molecular weight excluding hydrogens is 449 g/mol. The summed E-state index contributed by atoms with van der Waals surface area (Å²) >= 11 is 0. The zero-order chi connectivity index (χ0) is 24.9. The van der Waals surface area contributed by atoms with Crippen molar-refractivity contribution in [1.29, 1.82) is 0 Å². The zero-order valence-electron chi connectivity index (χ0n) is 20.2. The second kappa shape index (κ2) is 10.5. The molecule has 1 amide bonds. The number of methoxy groups -OCH3 is 1. The molecule has 0 bridgehead atoms. The zero-order valence-corrected chi connectivity index (χ0v) is 20.2. The van der Waals surface area contributed by atoms with Crippen LogP contribution in [0.3, 0.4) is 0 Å². The van der Waals surface area contributed by atoms with Crippen LogP contribution in [0.25, 0.3) is 16.9 Å². The number of rotatable bonds is 9. The fraction of sp³-hybridized carbons (Fsp3) is 0.269. The van der Waals surface area contributed by atoms with Gasteiger partial charge in [-0.15, -0.1) is 0 Å². The third kappa shape index (κ3) is 5.09. The van der Waals surface area contributed by atoms with Gasteiger partial charge in [0.05, 0.1) is 25.6 Å². The van der Waals surface area contributed by atoms with Crippen molar-refractivity contribution in [2.75, 3.05) is 39.2 Å². The molecule has 0 spiro atoms.